The molecule has 1 N–H and O–H groups in total. The van der Waals surface area contributed by atoms with E-state index in [1.165, 1.54) is 18.0 Å². The number of anilines is 1. The lowest BCUT2D eigenvalue weighted by Gasteiger charge is -2.41. The highest BCUT2D eigenvalue weighted by Crippen LogP contribution is 2.25. The van der Waals surface area contributed by atoms with Crippen LogP contribution in [0.3, 0.4) is 0 Å². The van der Waals surface area contributed by atoms with Crippen LogP contribution in [0.4, 0.5) is 5.69 Å². The Bertz CT molecular complexity index is 355. The van der Waals surface area contributed by atoms with Crippen LogP contribution in [0.2, 0.25) is 0 Å². The summed E-state index contributed by atoms with van der Waals surface area (Å²) in [7, 11) is 0. The molecule has 3 unspecified atom stereocenters. The van der Waals surface area contributed by atoms with Gasteiger partial charge in [0.25, 0.3) is 0 Å². The van der Waals surface area contributed by atoms with Gasteiger partial charge in [0, 0.05) is 41.9 Å². The molecule has 0 aliphatic carbocycles. The highest BCUT2D eigenvalue weighted by molar-refractivity contribution is 8.00. The number of hydrogen-bond acceptors (Lipinski definition) is 3. The summed E-state index contributed by atoms with van der Waals surface area (Å²) in [6.45, 7) is 9.27. The fourth-order valence-electron chi connectivity index (χ4n) is 2.52. The molecule has 18 heavy (non-hydrogen) atoms. The average Bonchev–Trinajstić information content (AvgIpc) is 2.40. The van der Waals surface area contributed by atoms with Crippen molar-refractivity contribution in [3.05, 3.63) is 30.3 Å². The first-order chi connectivity index (χ1) is 8.68. The van der Waals surface area contributed by atoms with E-state index in [0.717, 1.165) is 11.8 Å². The Labute approximate surface area is 115 Å². The summed E-state index contributed by atoms with van der Waals surface area (Å²) in [6, 6.07) is 11.7. The van der Waals surface area contributed by atoms with Crippen LogP contribution >= 0.6 is 11.8 Å². The third-order valence-corrected chi connectivity index (χ3v) is 5.21. The smallest absolute Gasteiger partial charge is 0.0340 e. The van der Waals surface area contributed by atoms with Gasteiger partial charge >= 0.3 is 0 Å². The molecule has 0 radical (unpaired) electrons. The second kappa shape index (κ2) is 6.48. The van der Waals surface area contributed by atoms with Crippen molar-refractivity contribution in [2.24, 2.45) is 0 Å². The number of rotatable bonds is 4. The minimum Gasteiger partial charge on any atom is -0.383 e. The van der Waals surface area contributed by atoms with E-state index in [1.807, 2.05) is 0 Å². The van der Waals surface area contributed by atoms with Crippen molar-refractivity contribution in [1.82, 2.24) is 4.90 Å². The van der Waals surface area contributed by atoms with E-state index in [2.05, 4.69) is 73.1 Å². The lowest BCUT2D eigenvalue weighted by atomic mass is 10.1. The summed E-state index contributed by atoms with van der Waals surface area (Å²) in [6.07, 6.45) is 0. The first kappa shape index (κ1) is 13.8. The molecule has 0 aromatic heterocycles. The van der Waals surface area contributed by atoms with Gasteiger partial charge in [0.15, 0.2) is 0 Å². The van der Waals surface area contributed by atoms with Crippen molar-refractivity contribution in [1.29, 1.82) is 0 Å². The second-order valence-corrected chi connectivity index (χ2v) is 6.64. The molecule has 100 valence electrons. The summed E-state index contributed by atoms with van der Waals surface area (Å²) in [5.41, 5.74) is 1.22. The molecule has 0 bridgehead atoms. The van der Waals surface area contributed by atoms with Crippen LogP contribution < -0.4 is 5.32 Å². The van der Waals surface area contributed by atoms with Gasteiger partial charge in [-0.05, 0) is 26.0 Å². The molecule has 3 heteroatoms. The van der Waals surface area contributed by atoms with Crippen LogP contribution in [-0.2, 0) is 0 Å². The molecule has 0 spiro atoms. The molecular formula is C15H24N2S. The van der Waals surface area contributed by atoms with E-state index in [-0.39, 0.29) is 0 Å². The van der Waals surface area contributed by atoms with Crippen LogP contribution in [-0.4, -0.2) is 41.1 Å². The molecule has 1 saturated heterocycles. The molecule has 1 aromatic rings. The van der Waals surface area contributed by atoms with Crippen LogP contribution in [0, 0.1) is 0 Å². The minimum atomic E-state index is 0.587. The standard InChI is InChI=1S/C15H24N2S/c1-12(11-16-15-7-5-4-6-8-15)17-9-10-18-14(3)13(17)2/h4-8,12-14,16H,9-11H2,1-3H3. The van der Waals surface area contributed by atoms with Gasteiger partial charge in [-0.2, -0.15) is 11.8 Å². The molecule has 1 aromatic carbocycles. The highest BCUT2D eigenvalue weighted by Gasteiger charge is 2.28. The van der Waals surface area contributed by atoms with Crippen LogP contribution in [0.1, 0.15) is 20.8 Å². The molecule has 1 aliphatic rings. The Hall–Kier alpha value is -0.670. The lowest BCUT2D eigenvalue weighted by molar-refractivity contribution is 0.164. The Morgan fingerprint density at radius 3 is 2.78 bits per heavy atom. The van der Waals surface area contributed by atoms with E-state index in [4.69, 9.17) is 0 Å². The SMILES string of the molecule is CC1SCCN(C(C)CNc2ccccc2)C1C. The second-order valence-electron chi connectivity index (χ2n) is 5.15. The van der Waals surface area contributed by atoms with Crippen LogP contribution in [0.5, 0.6) is 0 Å². The summed E-state index contributed by atoms with van der Waals surface area (Å²) >= 11 is 2.10. The van der Waals surface area contributed by atoms with Crippen molar-refractivity contribution in [2.75, 3.05) is 24.2 Å². The van der Waals surface area contributed by atoms with Crippen molar-refractivity contribution in [2.45, 2.75) is 38.1 Å². The van der Waals surface area contributed by atoms with Gasteiger partial charge in [0.1, 0.15) is 0 Å². The number of nitrogens with one attached hydrogen (secondary N) is 1. The fraction of sp³-hybridized carbons (Fsp3) is 0.600. The Morgan fingerprint density at radius 1 is 1.33 bits per heavy atom. The molecule has 1 heterocycles. The zero-order chi connectivity index (χ0) is 13.0. The summed E-state index contributed by atoms with van der Waals surface area (Å²) in [5, 5.41) is 4.28. The summed E-state index contributed by atoms with van der Waals surface area (Å²) < 4.78 is 0. The number of hydrogen-bond donors (Lipinski definition) is 1. The number of nitrogens with zero attached hydrogens (tertiary/aromatic N) is 1. The lowest BCUT2D eigenvalue weighted by Crippen LogP contribution is -2.51. The summed E-state index contributed by atoms with van der Waals surface area (Å²) in [4.78, 5) is 2.64. The van der Waals surface area contributed by atoms with Crippen LogP contribution in [0.25, 0.3) is 0 Å². The molecule has 2 nitrogen and oxygen atoms in total. The predicted octanol–water partition coefficient (Wildman–Crippen LogP) is 3.31. The van der Waals surface area contributed by atoms with E-state index < -0.39 is 0 Å². The van der Waals surface area contributed by atoms with E-state index in [0.29, 0.717) is 12.1 Å². The maximum atomic E-state index is 3.53. The predicted molar refractivity (Wildman–Crippen MR) is 82.5 cm³/mol. The van der Waals surface area contributed by atoms with Crippen molar-refractivity contribution in [3.63, 3.8) is 0 Å². The quantitative estimate of drug-likeness (QED) is 0.898. The third kappa shape index (κ3) is 3.42. The molecule has 1 aliphatic heterocycles. The number of benzene rings is 1. The monoisotopic (exact) mass is 264 g/mol. The van der Waals surface area contributed by atoms with Gasteiger partial charge in [0.2, 0.25) is 0 Å². The van der Waals surface area contributed by atoms with Crippen molar-refractivity contribution in [3.8, 4) is 0 Å². The molecule has 1 fully saturated rings. The minimum absolute atomic E-state index is 0.587. The van der Waals surface area contributed by atoms with Crippen molar-refractivity contribution < 1.29 is 0 Å². The fourth-order valence-corrected chi connectivity index (χ4v) is 3.64. The molecule has 0 amide bonds. The van der Waals surface area contributed by atoms with Gasteiger partial charge in [-0.15, -0.1) is 0 Å². The van der Waals surface area contributed by atoms with Gasteiger partial charge in [-0.25, -0.2) is 0 Å². The highest BCUT2D eigenvalue weighted by atomic mass is 32.2. The van der Waals surface area contributed by atoms with Crippen molar-refractivity contribution >= 4 is 17.4 Å². The first-order valence-corrected chi connectivity index (χ1v) is 7.89. The molecule has 0 saturated carbocycles. The Kier molecular flexibility index (Phi) is 4.95. The molecule has 3 atom stereocenters. The zero-order valence-corrected chi connectivity index (χ0v) is 12.4. The van der Waals surface area contributed by atoms with Gasteiger partial charge < -0.3 is 5.32 Å². The normalized spacial score (nSPS) is 26.8. The van der Waals surface area contributed by atoms with Gasteiger partial charge in [0.05, 0.1) is 0 Å². The Morgan fingerprint density at radius 2 is 2.06 bits per heavy atom. The average molecular weight is 264 g/mol. The van der Waals surface area contributed by atoms with E-state index >= 15 is 0 Å². The topological polar surface area (TPSA) is 15.3 Å². The first-order valence-electron chi connectivity index (χ1n) is 6.84. The summed E-state index contributed by atoms with van der Waals surface area (Å²) in [5.74, 6) is 1.27. The maximum Gasteiger partial charge on any atom is 0.0340 e. The van der Waals surface area contributed by atoms with Gasteiger partial charge in [-0.3, -0.25) is 4.90 Å². The molecular weight excluding hydrogens is 240 g/mol. The largest absolute Gasteiger partial charge is 0.383 e. The third-order valence-electron chi connectivity index (χ3n) is 3.87. The number of thioether (sulfide) groups is 1. The van der Waals surface area contributed by atoms with E-state index in [9.17, 15) is 0 Å². The number of para-hydroxylation sites is 1. The maximum absolute atomic E-state index is 3.53. The Balaban J connectivity index is 1.86. The van der Waals surface area contributed by atoms with E-state index in [1.54, 1.807) is 0 Å². The van der Waals surface area contributed by atoms with Gasteiger partial charge in [-0.1, -0.05) is 25.1 Å². The molecule has 2 rings (SSSR count). The zero-order valence-electron chi connectivity index (χ0n) is 11.6. The van der Waals surface area contributed by atoms with Crippen LogP contribution in [0.15, 0.2) is 30.3 Å².